The summed E-state index contributed by atoms with van der Waals surface area (Å²) in [6, 6.07) is 6.19. The molecule has 0 saturated heterocycles. The molecule has 2 aromatic rings. The summed E-state index contributed by atoms with van der Waals surface area (Å²) in [5.74, 6) is 0.366. The van der Waals surface area contributed by atoms with Crippen LogP contribution in [-0.4, -0.2) is 34.1 Å². The van der Waals surface area contributed by atoms with Crippen LogP contribution in [0.15, 0.2) is 30.9 Å². The summed E-state index contributed by atoms with van der Waals surface area (Å²) in [7, 11) is 0. The maximum Gasteiger partial charge on any atom is 0.125 e. The number of hydrogen-bond donors (Lipinski definition) is 2. The smallest absolute Gasteiger partial charge is 0.125 e. The van der Waals surface area contributed by atoms with Crippen molar-refractivity contribution in [1.29, 1.82) is 0 Å². The first-order valence-electron chi connectivity index (χ1n) is 7.72. The van der Waals surface area contributed by atoms with Gasteiger partial charge >= 0.3 is 0 Å². The highest BCUT2D eigenvalue weighted by Gasteiger charge is 2.15. The molecular formula is C18H26N2O. The number of rotatable bonds is 7. The number of nitrogens with zero attached hydrogens (tertiary/aromatic N) is 1. The fourth-order valence-corrected chi connectivity index (χ4v) is 2.91. The van der Waals surface area contributed by atoms with Crippen molar-refractivity contribution < 1.29 is 5.11 Å². The van der Waals surface area contributed by atoms with Crippen LogP contribution < -0.4 is 0 Å². The van der Waals surface area contributed by atoms with Crippen molar-refractivity contribution in [3.63, 3.8) is 0 Å². The molecule has 0 saturated carbocycles. The monoisotopic (exact) mass is 286 g/mol. The van der Waals surface area contributed by atoms with E-state index in [1.807, 2.05) is 18.2 Å². The number of aromatic nitrogens is 1. The molecule has 0 radical (unpaired) electrons. The van der Waals surface area contributed by atoms with E-state index >= 15 is 0 Å². The van der Waals surface area contributed by atoms with Crippen molar-refractivity contribution in [2.24, 2.45) is 0 Å². The lowest BCUT2D eigenvalue weighted by molar-refractivity contribution is 0.229. The molecule has 0 amide bonds. The summed E-state index contributed by atoms with van der Waals surface area (Å²) in [4.78, 5) is 5.80. The molecular weight excluding hydrogens is 260 g/mol. The van der Waals surface area contributed by atoms with Crippen LogP contribution in [-0.2, 0) is 6.42 Å². The van der Waals surface area contributed by atoms with Gasteiger partial charge < -0.3 is 10.1 Å². The summed E-state index contributed by atoms with van der Waals surface area (Å²) in [5, 5.41) is 11.1. The highest BCUT2D eigenvalue weighted by molar-refractivity contribution is 5.90. The minimum atomic E-state index is 0.366. The molecule has 3 nitrogen and oxygen atoms in total. The van der Waals surface area contributed by atoms with E-state index in [2.05, 4.69) is 37.2 Å². The first-order valence-corrected chi connectivity index (χ1v) is 7.72. The second-order valence-corrected chi connectivity index (χ2v) is 5.72. The molecule has 0 aliphatic carbocycles. The number of H-pyrrole nitrogens is 1. The fourth-order valence-electron chi connectivity index (χ4n) is 2.91. The maximum absolute atomic E-state index is 10.1. The van der Waals surface area contributed by atoms with Gasteiger partial charge in [0.15, 0.2) is 0 Å². The number of phenolic OH excluding ortho intramolecular Hbond substituents is 1. The number of fused-ring (bicyclic) bond motifs is 1. The SMILES string of the molecule is C=CCN(CCc1c(C)[nH]c2cccc(O)c12)C(C)CC. The molecule has 2 rings (SSSR count). The Labute approximate surface area is 127 Å². The standard InChI is InChI=1S/C18H26N2O/c1-5-11-20(13(3)6-2)12-10-15-14(4)19-16-8-7-9-17(21)18(15)16/h5,7-9,13,19,21H,1,6,10-12H2,2-4H3. The molecule has 1 unspecified atom stereocenters. The van der Waals surface area contributed by atoms with E-state index < -0.39 is 0 Å². The van der Waals surface area contributed by atoms with Gasteiger partial charge in [0, 0.05) is 35.7 Å². The first kappa shape index (κ1) is 15.6. The average molecular weight is 286 g/mol. The number of aryl methyl sites for hydroxylation is 1. The van der Waals surface area contributed by atoms with Gasteiger partial charge in [0.05, 0.1) is 0 Å². The van der Waals surface area contributed by atoms with Gasteiger partial charge in [-0.1, -0.05) is 19.1 Å². The minimum Gasteiger partial charge on any atom is -0.507 e. The molecule has 1 aromatic heterocycles. The van der Waals surface area contributed by atoms with Gasteiger partial charge in [-0.15, -0.1) is 6.58 Å². The van der Waals surface area contributed by atoms with Gasteiger partial charge in [-0.25, -0.2) is 0 Å². The average Bonchev–Trinajstić information content (AvgIpc) is 2.79. The lowest BCUT2D eigenvalue weighted by Crippen LogP contribution is -2.34. The van der Waals surface area contributed by atoms with Crippen LogP contribution in [0.4, 0.5) is 0 Å². The molecule has 3 heteroatoms. The number of hydrogen-bond acceptors (Lipinski definition) is 2. The number of aromatic amines is 1. The summed E-state index contributed by atoms with van der Waals surface area (Å²) < 4.78 is 0. The highest BCUT2D eigenvalue weighted by atomic mass is 16.3. The number of aromatic hydroxyl groups is 1. The zero-order valence-electron chi connectivity index (χ0n) is 13.3. The van der Waals surface area contributed by atoms with Gasteiger partial charge in [0.2, 0.25) is 0 Å². The molecule has 0 aliphatic rings. The lowest BCUT2D eigenvalue weighted by atomic mass is 10.1. The minimum absolute atomic E-state index is 0.366. The molecule has 1 atom stereocenters. The van der Waals surface area contributed by atoms with Crippen LogP contribution in [0.25, 0.3) is 10.9 Å². The Morgan fingerprint density at radius 2 is 2.19 bits per heavy atom. The van der Waals surface area contributed by atoms with Gasteiger partial charge in [0.1, 0.15) is 5.75 Å². The van der Waals surface area contributed by atoms with E-state index in [1.165, 1.54) is 5.56 Å². The molecule has 1 heterocycles. The van der Waals surface area contributed by atoms with E-state index in [9.17, 15) is 5.11 Å². The topological polar surface area (TPSA) is 39.3 Å². The predicted octanol–water partition coefficient (Wildman–Crippen LogP) is 4.01. The fraction of sp³-hybridized carbons (Fsp3) is 0.444. The molecule has 0 aliphatic heterocycles. The summed E-state index contributed by atoms with van der Waals surface area (Å²) in [5.41, 5.74) is 3.39. The molecule has 1 aromatic carbocycles. The van der Waals surface area contributed by atoms with E-state index in [1.54, 1.807) is 6.07 Å². The Balaban J connectivity index is 2.23. The van der Waals surface area contributed by atoms with Crippen LogP contribution in [0.2, 0.25) is 0 Å². The Morgan fingerprint density at radius 3 is 2.86 bits per heavy atom. The maximum atomic E-state index is 10.1. The first-order chi connectivity index (χ1) is 10.1. The summed E-state index contributed by atoms with van der Waals surface area (Å²) in [6.07, 6.45) is 4.03. The van der Waals surface area contributed by atoms with Crippen LogP contribution in [0.3, 0.4) is 0 Å². The van der Waals surface area contributed by atoms with Gasteiger partial charge in [-0.3, -0.25) is 4.90 Å². The van der Waals surface area contributed by atoms with Crippen molar-refractivity contribution in [3.8, 4) is 5.75 Å². The van der Waals surface area contributed by atoms with Crippen molar-refractivity contribution in [2.45, 2.75) is 39.7 Å². The van der Waals surface area contributed by atoms with Crippen LogP contribution in [0, 0.1) is 6.92 Å². The van der Waals surface area contributed by atoms with Gasteiger partial charge in [-0.2, -0.15) is 0 Å². The van der Waals surface area contributed by atoms with Gasteiger partial charge in [-0.05, 0) is 44.4 Å². The molecule has 0 bridgehead atoms. The van der Waals surface area contributed by atoms with E-state index in [-0.39, 0.29) is 0 Å². The highest BCUT2D eigenvalue weighted by Crippen LogP contribution is 2.30. The van der Waals surface area contributed by atoms with E-state index in [0.717, 1.165) is 42.5 Å². The second-order valence-electron chi connectivity index (χ2n) is 5.72. The zero-order valence-corrected chi connectivity index (χ0v) is 13.3. The summed E-state index contributed by atoms with van der Waals surface area (Å²) in [6.45, 7) is 12.3. The number of phenols is 1. The van der Waals surface area contributed by atoms with Crippen LogP contribution in [0.1, 0.15) is 31.5 Å². The molecule has 21 heavy (non-hydrogen) atoms. The largest absolute Gasteiger partial charge is 0.507 e. The third-order valence-electron chi connectivity index (χ3n) is 4.35. The number of nitrogens with one attached hydrogen (secondary N) is 1. The molecule has 0 fully saturated rings. The number of benzene rings is 1. The Hall–Kier alpha value is -1.74. The van der Waals surface area contributed by atoms with Crippen molar-refractivity contribution in [1.82, 2.24) is 9.88 Å². The van der Waals surface area contributed by atoms with Gasteiger partial charge in [0.25, 0.3) is 0 Å². The van der Waals surface area contributed by atoms with E-state index in [4.69, 9.17) is 0 Å². The Morgan fingerprint density at radius 1 is 1.43 bits per heavy atom. The molecule has 2 N–H and O–H groups in total. The van der Waals surface area contributed by atoms with Crippen LogP contribution in [0.5, 0.6) is 5.75 Å². The Bertz CT molecular complexity index is 615. The van der Waals surface area contributed by atoms with Crippen molar-refractivity contribution in [3.05, 3.63) is 42.1 Å². The normalized spacial score (nSPS) is 13.0. The predicted molar refractivity (Wildman–Crippen MR) is 89.9 cm³/mol. The second kappa shape index (κ2) is 6.81. The third-order valence-corrected chi connectivity index (χ3v) is 4.35. The van der Waals surface area contributed by atoms with Crippen molar-refractivity contribution in [2.75, 3.05) is 13.1 Å². The third kappa shape index (κ3) is 3.30. The van der Waals surface area contributed by atoms with Crippen molar-refractivity contribution >= 4 is 10.9 Å². The quantitative estimate of drug-likeness (QED) is 0.755. The summed E-state index contributed by atoms with van der Waals surface area (Å²) >= 11 is 0. The lowest BCUT2D eigenvalue weighted by Gasteiger charge is -2.27. The van der Waals surface area contributed by atoms with E-state index in [0.29, 0.717) is 11.8 Å². The molecule has 114 valence electrons. The zero-order chi connectivity index (χ0) is 15.4. The van der Waals surface area contributed by atoms with Crippen LogP contribution >= 0.6 is 0 Å². The Kier molecular flexibility index (Phi) is 5.07. The molecule has 0 spiro atoms.